The monoisotopic (exact) mass is 282 g/mol. The fraction of sp³-hybridized carbons (Fsp3) is 0.938. The number of rotatable bonds is 3. The number of carboxylic acids is 1. The summed E-state index contributed by atoms with van der Waals surface area (Å²) in [6.07, 6.45) is 10.7. The summed E-state index contributed by atoms with van der Waals surface area (Å²) in [5.41, 5.74) is -0.624. The van der Waals surface area contributed by atoms with Crippen molar-refractivity contribution in [1.82, 2.24) is 0 Å². The van der Waals surface area contributed by atoms with Gasteiger partial charge in [0.15, 0.2) is 0 Å². The van der Waals surface area contributed by atoms with Crippen LogP contribution < -0.4 is 0 Å². The Hall–Kier alpha value is -0.610. The van der Waals surface area contributed by atoms with E-state index in [0.29, 0.717) is 19.6 Å². The molecule has 3 rings (SSSR count). The minimum Gasteiger partial charge on any atom is -0.481 e. The SMILES string of the molecule is O=C(O)C1(CC2CCC3(CCCCC3)O2)CCCOC1. The number of aliphatic carboxylic acids is 1. The summed E-state index contributed by atoms with van der Waals surface area (Å²) in [6.45, 7) is 1.06. The molecule has 2 atom stereocenters. The van der Waals surface area contributed by atoms with Crippen molar-refractivity contribution in [3.63, 3.8) is 0 Å². The standard InChI is InChI=1S/C16H26O4/c17-14(18)15(6-4-10-19-12-15)11-13-5-9-16(20-13)7-2-1-3-8-16/h13H,1-12H2,(H,17,18). The third kappa shape index (κ3) is 2.73. The van der Waals surface area contributed by atoms with E-state index in [0.717, 1.165) is 25.7 Å². The Bertz CT molecular complexity index is 353. The zero-order chi connectivity index (χ0) is 14.1. The van der Waals surface area contributed by atoms with E-state index in [1.807, 2.05) is 0 Å². The molecule has 4 heteroatoms. The second-order valence-electron chi connectivity index (χ2n) is 6.97. The van der Waals surface area contributed by atoms with Gasteiger partial charge in [0, 0.05) is 6.61 Å². The number of hydrogen-bond donors (Lipinski definition) is 1. The van der Waals surface area contributed by atoms with Gasteiger partial charge >= 0.3 is 5.97 Å². The molecule has 0 aromatic heterocycles. The van der Waals surface area contributed by atoms with Crippen LogP contribution in [0.3, 0.4) is 0 Å². The third-order valence-corrected chi connectivity index (χ3v) is 5.50. The molecule has 0 amide bonds. The van der Waals surface area contributed by atoms with E-state index in [1.165, 1.54) is 32.1 Å². The normalized spacial score (nSPS) is 37.1. The Labute approximate surface area is 120 Å². The van der Waals surface area contributed by atoms with Crippen molar-refractivity contribution in [2.75, 3.05) is 13.2 Å². The number of ether oxygens (including phenoxy) is 2. The molecule has 2 aliphatic heterocycles. The van der Waals surface area contributed by atoms with Crippen molar-refractivity contribution in [3.8, 4) is 0 Å². The van der Waals surface area contributed by atoms with Crippen LogP contribution >= 0.6 is 0 Å². The summed E-state index contributed by atoms with van der Waals surface area (Å²) < 4.78 is 11.8. The molecule has 3 fully saturated rings. The molecule has 0 aromatic rings. The fourth-order valence-electron chi connectivity index (χ4n) is 4.31. The summed E-state index contributed by atoms with van der Waals surface area (Å²) in [5, 5.41) is 9.62. The summed E-state index contributed by atoms with van der Waals surface area (Å²) in [6, 6.07) is 0. The maximum absolute atomic E-state index is 11.7. The fourth-order valence-corrected chi connectivity index (χ4v) is 4.31. The molecule has 2 saturated heterocycles. The minimum absolute atomic E-state index is 0.0815. The lowest BCUT2D eigenvalue weighted by Crippen LogP contribution is -2.42. The van der Waals surface area contributed by atoms with Crippen molar-refractivity contribution in [2.45, 2.75) is 75.9 Å². The predicted molar refractivity (Wildman–Crippen MR) is 74.7 cm³/mol. The van der Waals surface area contributed by atoms with Crippen molar-refractivity contribution < 1.29 is 19.4 Å². The highest BCUT2D eigenvalue weighted by atomic mass is 16.5. The van der Waals surface area contributed by atoms with Gasteiger partial charge in [-0.1, -0.05) is 19.3 Å². The predicted octanol–water partition coefficient (Wildman–Crippen LogP) is 3.14. The van der Waals surface area contributed by atoms with Crippen LogP contribution in [0.25, 0.3) is 0 Å². The first-order valence-corrected chi connectivity index (χ1v) is 8.13. The molecule has 0 radical (unpaired) electrons. The average molecular weight is 282 g/mol. The van der Waals surface area contributed by atoms with E-state index >= 15 is 0 Å². The van der Waals surface area contributed by atoms with Crippen LogP contribution in [0.1, 0.15) is 64.2 Å². The third-order valence-electron chi connectivity index (χ3n) is 5.50. The second kappa shape index (κ2) is 5.64. The molecule has 2 heterocycles. The maximum atomic E-state index is 11.7. The summed E-state index contributed by atoms with van der Waals surface area (Å²) >= 11 is 0. The minimum atomic E-state index is -0.705. The Kier molecular flexibility index (Phi) is 4.04. The molecule has 0 bridgehead atoms. The van der Waals surface area contributed by atoms with Crippen molar-refractivity contribution >= 4 is 5.97 Å². The maximum Gasteiger partial charge on any atom is 0.312 e. The van der Waals surface area contributed by atoms with E-state index in [-0.39, 0.29) is 11.7 Å². The van der Waals surface area contributed by atoms with Gasteiger partial charge < -0.3 is 14.6 Å². The van der Waals surface area contributed by atoms with Gasteiger partial charge in [-0.05, 0) is 44.9 Å². The van der Waals surface area contributed by atoms with Crippen LogP contribution in [0.5, 0.6) is 0 Å². The lowest BCUT2D eigenvalue weighted by atomic mass is 9.77. The summed E-state index contributed by atoms with van der Waals surface area (Å²) in [7, 11) is 0. The highest BCUT2D eigenvalue weighted by Crippen LogP contribution is 2.46. The Morgan fingerprint density at radius 2 is 1.90 bits per heavy atom. The first kappa shape index (κ1) is 14.3. The van der Waals surface area contributed by atoms with Gasteiger partial charge in [-0.25, -0.2) is 0 Å². The highest BCUT2D eigenvalue weighted by Gasteiger charge is 2.47. The number of carbonyl (C=O) groups is 1. The average Bonchev–Trinajstić information content (AvgIpc) is 2.83. The molecule has 2 unspecified atom stereocenters. The van der Waals surface area contributed by atoms with E-state index < -0.39 is 11.4 Å². The molecule has 20 heavy (non-hydrogen) atoms. The molecule has 1 spiro atoms. The lowest BCUT2D eigenvalue weighted by molar-refractivity contribution is -0.163. The first-order valence-electron chi connectivity index (χ1n) is 8.13. The molecule has 1 saturated carbocycles. The van der Waals surface area contributed by atoms with Gasteiger partial charge in [0.2, 0.25) is 0 Å². The Morgan fingerprint density at radius 3 is 2.55 bits per heavy atom. The van der Waals surface area contributed by atoms with Crippen LogP contribution in [-0.2, 0) is 14.3 Å². The largest absolute Gasteiger partial charge is 0.481 e. The molecule has 3 aliphatic rings. The van der Waals surface area contributed by atoms with Crippen molar-refractivity contribution in [2.24, 2.45) is 5.41 Å². The van der Waals surface area contributed by atoms with Crippen LogP contribution in [0.15, 0.2) is 0 Å². The molecule has 114 valence electrons. The van der Waals surface area contributed by atoms with Crippen LogP contribution in [0.4, 0.5) is 0 Å². The van der Waals surface area contributed by atoms with E-state index in [9.17, 15) is 9.90 Å². The first-order chi connectivity index (χ1) is 9.64. The quantitative estimate of drug-likeness (QED) is 0.864. The Balaban J connectivity index is 1.63. The molecular weight excluding hydrogens is 256 g/mol. The molecule has 0 aromatic carbocycles. The molecule has 1 aliphatic carbocycles. The van der Waals surface area contributed by atoms with Gasteiger partial charge in [-0.3, -0.25) is 4.79 Å². The van der Waals surface area contributed by atoms with Gasteiger partial charge in [0.05, 0.1) is 23.7 Å². The number of hydrogen-bond acceptors (Lipinski definition) is 3. The van der Waals surface area contributed by atoms with Crippen molar-refractivity contribution in [1.29, 1.82) is 0 Å². The van der Waals surface area contributed by atoms with E-state index in [1.54, 1.807) is 0 Å². The summed E-state index contributed by atoms with van der Waals surface area (Å²) in [4.78, 5) is 11.7. The van der Waals surface area contributed by atoms with Crippen LogP contribution in [-0.4, -0.2) is 36.0 Å². The van der Waals surface area contributed by atoms with Gasteiger partial charge in [0.25, 0.3) is 0 Å². The topological polar surface area (TPSA) is 55.8 Å². The Morgan fingerprint density at radius 1 is 1.10 bits per heavy atom. The second-order valence-corrected chi connectivity index (χ2v) is 6.97. The van der Waals surface area contributed by atoms with E-state index in [4.69, 9.17) is 9.47 Å². The van der Waals surface area contributed by atoms with E-state index in [2.05, 4.69) is 0 Å². The van der Waals surface area contributed by atoms with Crippen LogP contribution in [0.2, 0.25) is 0 Å². The zero-order valence-electron chi connectivity index (χ0n) is 12.2. The molecule has 4 nitrogen and oxygen atoms in total. The molecule has 1 N–H and O–H groups in total. The number of carboxylic acid groups (broad SMARTS) is 1. The lowest BCUT2D eigenvalue weighted by Gasteiger charge is -2.37. The summed E-state index contributed by atoms with van der Waals surface area (Å²) in [5.74, 6) is -0.703. The smallest absolute Gasteiger partial charge is 0.312 e. The molecular formula is C16H26O4. The van der Waals surface area contributed by atoms with Crippen LogP contribution in [0, 0.1) is 5.41 Å². The van der Waals surface area contributed by atoms with Gasteiger partial charge in [-0.15, -0.1) is 0 Å². The van der Waals surface area contributed by atoms with Gasteiger partial charge in [-0.2, -0.15) is 0 Å². The van der Waals surface area contributed by atoms with Crippen molar-refractivity contribution in [3.05, 3.63) is 0 Å². The zero-order valence-corrected chi connectivity index (χ0v) is 12.2. The highest BCUT2D eigenvalue weighted by molar-refractivity contribution is 5.75. The van der Waals surface area contributed by atoms with Gasteiger partial charge in [0.1, 0.15) is 0 Å².